The van der Waals surface area contributed by atoms with Gasteiger partial charge < -0.3 is 9.88 Å². The number of nitrogens with one attached hydrogen (secondary N) is 1. The molecular formula is C25H30N2. The molecule has 0 amide bonds. The first-order valence-corrected chi connectivity index (χ1v) is 9.55. The van der Waals surface area contributed by atoms with Crippen molar-refractivity contribution in [2.75, 3.05) is 5.32 Å². The zero-order valence-electron chi connectivity index (χ0n) is 17.4. The molecule has 2 heteroatoms. The quantitative estimate of drug-likeness (QED) is 0.545. The Labute approximate surface area is 163 Å². The van der Waals surface area contributed by atoms with Crippen molar-refractivity contribution >= 4 is 11.8 Å². The summed E-state index contributed by atoms with van der Waals surface area (Å²) in [7, 11) is 0. The summed E-state index contributed by atoms with van der Waals surface area (Å²) < 4.78 is 2.36. The van der Waals surface area contributed by atoms with Crippen LogP contribution in [0.5, 0.6) is 0 Å². The molecule has 0 atom stereocenters. The van der Waals surface area contributed by atoms with E-state index in [4.69, 9.17) is 0 Å². The van der Waals surface area contributed by atoms with Crippen LogP contribution in [-0.4, -0.2) is 4.57 Å². The Hall–Kier alpha value is -2.74. The van der Waals surface area contributed by atoms with Crippen molar-refractivity contribution in [1.82, 2.24) is 4.57 Å². The molecule has 1 heterocycles. The summed E-state index contributed by atoms with van der Waals surface area (Å²) in [6.45, 7) is 17.8. The van der Waals surface area contributed by atoms with Gasteiger partial charge in [0.25, 0.3) is 0 Å². The Morgan fingerprint density at radius 1 is 0.852 bits per heavy atom. The van der Waals surface area contributed by atoms with Crippen molar-refractivity contribution in [3.8, 4) is 5.69 Å². The second-order valence-electron chi connectivity index (χ2n) is 7.50. The second-order valence-corrected chi connectivity index (χ2v) is 7.50. The smallest absolute Gasteiger partial charge is 0.0475 e. The van der Waals surface area contributed by atoms with Crippen molar-refractivity contribution in [3.05, 3.63) is 87.7 Å². The standard InChI is InChI=1S/C25H30N2/c1-8-22-10-11-23(17(3)13-22)15-26-25-14-24(12-9-16(25)2)27-20(6)18(4)19(5)21(27)7/h8-14,26H,1,15H2,2-7H3. The lowest BCUT2D eigenvalue weighted by Gasteiger charge is -2.16. The highest BCUT2D eigenvalue weighted by Gasteiger charge is 2.13. The molecule has 3 aromatic rings. The lowest BCUT2D eigenvalue weighted by atomic mass is 10.0. The third-order valence-corrected chi connectivity index (χ3v) is 5.87. The summed E-state index contributed by atoms with van der Waals surface area (Å²) in [4.78, 5) is 0. The average molecular weight is 359 g/mol. The lowest BCUT2D eigenvalue weighted by Crippen LogP contribution is -2.05. The highest BCUT2D eigenvalue weighted by Crippen LogP contribution is 2.28. The summed E-state index contributed by atoms with van der Waals surface area (Å²) in [5.74, 6) is 0. The molecule has 0 radical (unpaired) electrons. The van der Waals surface area contributed by atoms with Crippen molar-refractivity contribution in [2.24, 2.45) is 0 Å². The van der Waals surface area contributed by atoms with Crippen molar-refractivity contribution < 1.29 is 0 Å². The van der Waals surface area contributed by atoms with E-state index < -0.39 is 0 Å². The summed E-state index contributed by atoms with van der Waals surface area (Å²) in [6.07, 6.45) is 1.89. The van der Waals surface area contributed by atoms with E-state index in [0.29, 0.717) is 0 Å². The second kappa shape index (κ2) is 7.48. The van der Waals surface area contributed by atoms with Gasteiger partial charge >= 0.3 is 0 Å². The molecule has 140 valence electrons. The van der Waals surface area contributed by atoms with E-state index in [2.05, 4.69) is 94.4 Å². The van der Waals surface area contributed by atoms with Gasteiger partial charge in [-0.1, -0.05) is 36.9 Å². The van der Waals surface area contributed by atoms with Gasteiger partial charge in [-0.25, -0.2) is 0 Å². The van der Waals surface area contributed by atoms with Crippen LogP contribution in [0.15, 0.2) is 43.0 Å². The fourth-order valence-electron chi connectivity index (χ4n) is 3.69. The molecule has 0 aliphatic heterocycles. The maximum absolute atomic E-state index is 3.85. The molecule has 3 rings (SSSR count). The van der Waals surface area contributed by atoms with E-state index in [1.54, 1.807) is 0 Å². The van der Waals surface area contributed by atoms with Gasteiger partial charge in [0.2, 0.25) is 0 Å². The van der Waals surface area contributed by atoms with Gasteiger partial charge in [-0.05, 0) is 87.1 Å². The molecule has 0 saturated carbocycles. The van der Waals surface area contributed by atoms with Crippen LogP contribution in [0.25, 0.3) is 11.8 Å². The lowest BCUT2D eigenvalue weighted by molar-refractivity contribution is 0.954. The largest absolute Gasteiger partial charge is 0.381 e. The topological polar surface area (TPSA) is 17.0 Å². The number of aryl methyl sites for hydroxylation is 2. The van der Waals surface area contributed by atoms with E-state index in [1.165, 1.54) is 56.1 Å². The fourth-order valence-corrected chi connectivity index (χ4v) is 3.69. The fraction of sp³-hybridized carbons (Fsp3) is 0.280. The Bertz CT molecular complexity index is 980. The molecule has 27 heavy (non-hydrogen) atoms. The number of anilines is 1. The normalized spacial score (nSPS) is 10.9. The minimum atomic E-state index is 0.815. The maximum atomic E-state index is 3.85. The monoisotopic (exact) mass is 358 g/mol. The molecule has 0 saturated heterocycles. The average Bonchev–Trinajstić information content (AvgIpc) is 2.85. The molecule has 0 aliphatic carbocycles. The molecule has 0 bridgehead atoms. The number of rotatable bonds is 5. The van der Waals surface area contributed by atoms with Gasteiger partial charge in [0, 0.05) is 29.3 Å². The van der Waals surface area contributed by atoms with Crippen LogP contribution in [0.2, 0.25) is 0 Å². The van der Waals surface area contributed by atoms with E-state index in [9.17, 15) is 0 Å². The van der Waals surface area contributed by atoms with E-state index in [-0.39, 0.29) is 0 Å². The number of benzene rings is 2. The predicted molar refractivity (Wildman–Crippen MR) is 118 cm³/mol. The van der Waals surface area contributed by atoms with Crippen LogP contribution >= 0.6 is 0 Å². The molecular weight excluding hydrogens is 328 g/mol. The van der Waals surface area contributed by atoms with Crippen molar-refractivity contribution in [2.45, 2.75) is 48.1 Å². The third kappa shape index (κ3) is 3.57. The summed E-state index contributed by atoms with van der Waals surface area (Å²) in [5.41, 5.74) is 12.8. The Balaban J connectivity index is 1.91. The zero-order chi connectivity index (χ0) is 19.7. The number of aromatic nitrogens is 1. The first kappa shape index (κ1) is 19.0. The Kier molecular flexibility index (Phi) is 5.27. The first-order chi connectivity index (χ1) is 12.8. The van der Waals surface area contributed by atoms with Crippen LogP contribution in [0.3, 0.4) is 0 Å². The van der Waals surface area contributed by atoms with Gasteiger partial charge in [0.1, 0.15) is 0 Å². The van der Waals surface area contributed by atoms with Gasteiger partial charge in [-0.2, -0.15) is 0 Å². The molecule has 2 aromatic carbocycles. The minimum Gasteiger partial charge on any atom is -0.381 e. The van der Waals surface area contributed by atoms with E-state index in [1.807, 2.05) is 6.08 Å². The maximum Gasteiger partial charge on any atom is 0.0475 e. The molecule has 1 N–H and O–H groups in total. The third-order valence-electron chi connectivity index (χ3n) is 5.87. The van der Waals surface area contributed by atoms with E-state index in [0.717, 1.165) is 6.54 Å². The predicted octanol–water partition coefficient (Wildman–Crippen LogP) is 6.58. The van der Waals surface area contributed by atoms with Crippen LogP contribution in [0, 0.1) is 41.5 Å². The first-order valence-electron chi connectivity index (χ1n) is 9.55. The SMILES string of the molecule is C=Cc1ccc(CNc2cc(-n3c(C)c(C)c(C)c3C)ccc2C)c(C)c1. The Morgan fingerprint density at radius 3 is 2.11 bits per heavy atom. The van der Waals surface area contributed by atoms with E-state index >= 15 is 0 Å². The number of nitrogens with zero attached hydrogens (tertiary/aromatic N) is 1. The van der Waals surface area contributed by atoms with Crippen molar-refractivity contribution in [1.29, 1.82) is 0 Å². The van der Waals surface area contributed by atoms with Gasteiger partial charge in [-0.3, -0.25) is 0 Å². The zero-order valence-corrected chi connectivity index (χ0v) is 17.4. The van der Waals surface area contributed by atoms with Crippen LogP contribution in [0.1, 0.15) is 44.8 Å². The van der Waals surface area contributed by atoms with Crippen LogP contribution in [-0.2, 0) is 6.54 Å². The molecule has 2 nitrogen and oxygen atoms in total. The van der Waals surface area contributed by atoms with Gasteiger partial charge in [0.05, 0.1) is 0 Å². The van der Waals surface area contributed by atoms with Crippen molar-refractivity contribution in [3.63, 3.8) is 0 Å². The highest BCUT2D eigenvalue weighted by molar-refractivity contribution is 5.59. The molecule has 1 aromatic heterocycles. The Morgan fingerprint density at radius 2 is 1.52 bits per heavy atom. The summed E-state index contributed by atoms with van der Waals surface area (Å²) >= 11 is 0. The summed E-state index contributed by atoms with van der Waals surface area (Å²) in [5, 5.41) is 3.64. The molecule has 0 unspecified atom stereocenters. The highest BCUT2D eigenvalue weighted by atomic mass is 15.0. The number of hydrogen-bond donors (Lipinski definition) is 1. The number of hydrogen-bond acceptors (Lipinski definition) is 1. The van der Waals surface area contributed by atoms with Crippen LogP contribution < -0.4 is 5.32 Å². The molecule has 0 aliphatic rings. The van der Waals surface area contributed by atoms with Gasteiger partial charge in [0.15, 0.2) is 0 Å². The molecule has 0 spiro atoms. The molecule has 0 fully saturated rings. The summed E-state index contributed by atoms with van der Waals surface area (Å²) in [6, 6.07) is 13.2. The van der Waals surface area contributed by atoms with Crippen LogP contribution in [0.4, 0.5) is 5.69 Å². The van der Waals surface area contributed by atoms with Gasteiger partial charge in [-0.15, -0.1) is 0 Å². The minimum absolute atomic E-state index is 0.815.